The molecule has 0 fully saturated rings. The first-order valence-corrected chi connectivity index (χ1v) is 21.7. The van der Waals surface area contributed by atoms with Crippen LogP contribution in [0, 0.1) is 11.6 Å². The number of hydrogen-bond donors (Lipinski definition) is 4. The van der Waals surface area contributed by atoms with Crippen molar-refractivity contribution in [2.45, 2.75) is 12.4 Å². The smallest absolute Gasteiger partial charge is 0.435 e. The van der Waals surface area contributed by atoms with Gasteiger partial charge in [0.2, 0.25) is 21.9 Å². The van der Waals surface area contributed by atoms with Gasteiger partial charge in [0.15, 0.2) is 23.0 Å². The number of halogens is 10. The molecule has 0 unspecified atom stereocenters. The van der Waals surface area contributed by atoms with Gasteiger partial charge < -0.3 is 15.7 Å². The molecule has 0 aliphatic heterocycles. The number of aromatic carboxylic acids is 1. The SMILES string of the molecule is CS(=O)(=O)NC(=O)c1cncc(-c2cnc(Nc3ccc(F)c(Cl)c3)nc2-n2ccc(C(F)(F)F)n2)c1.O=C(O)c1cncc(-c2cnc(Nc3ccc(F)c(Cl)c3)nc2-n2ccc(C(F)(F)F)n2)c1. The zero-order valence-electron chi connectivity index (χ0n) is 34.6. The Labute approximate surface area is 397 Å². The molecule has 0 radical (unpaired) electrons. The van der Waals surface area contributed by atoms with E-state index >= 15 is 0 Å². The van der Waals surface area contributed by atoms with Crippen molar-refractivity contribution in [3.05, 3.63) is 154 Å². The monoisotopic (exact) mass is 1030 g/mol. The molecule has 0 aliphatic rings. The van der Waals surface area contributed by atoms with E-state index in [1.54, 1.807) is 4.72 Å². The van der Waals surface area contributed by atoms with Gasteiger partial charge in [-0.25, -0.2) is 46.0 Å². The first kappa shape index (κ1) is 49.7. The molecule has 0 aliphatic carbocycles. The van der Waals surface area contributed by atoms with Crippen molar-refractivity contribution in [3.63, 3.8) is 0 Å². The van der Waals surface area contributed by atoms with Gasteiger partial charge in [0.1, 0.15) is 11.6 Å². The van der Waals surface area contributed by atoms with Gasteiger partial charge in [-0.05, 0) is 60.7 Å². The van der Waals surface area contributed by atoms with Gasteiger partial charge in [0.25, 0.3) is 5.91 Å². The van der Waals surface area contributed by atoms with E-state index in [1.165, 1.54) is 61.2 Å². The van der Waals surface area contributed by atoms with E-state index < -0.39 is 57.3 Å². The molecule has 18 nitrogen and oxygen atoms in total. The second kappa shape index (κ2) is 19.8. The molecule has 6 heterocycles. The van der Waals surface area contributed by atoms with Crippen LogP contribution in [0.15, 0.2) is 110 Å². The number of sulfonamides is 1. The highest BCUT2D eigenvalue weighted by Gasteiger charge is 2.35. The maximum atomic E-state index is 13.5. The molecule has 4 N–H and O–H groups in total. The third-order valence-corrected chi connectivity index (χ3v) is 10.1. The Bertz CT molecular complexity index is 3410. The van der Waals surface area contributed by atoms with Gasteiger partial charge in [-0.2, -0.15) is 46.5 Å². The Balaban J connectivity index is 0.000000208. The molecule has 29 heteroatoms. The Morgan fingerprint density at radius 3 is 1.44 bits per heavy atom. The van der Waals surface area contributed by atoms with E-state index in [1.807, 2.05) is 0 Å². The lowest BCUT2D eigenvalue weighted by Gasteiger charge is -2.12. The van der Waals surface area contributed by atoms with Crippen molar-refractivity contribution >= 4 is 68.4 Å². The lowest BCUT2D eigenvalue weighted by atomic mass is 10.1. The lowest BCUT2D eigenvalue weighted by molar-refractivity contribution is -0.142. The Kier molecular flexibility index (Phi) is 14.1. The van der Waals surface area contributed by atoms with Crippen LogP contribution in [-0.4, -0.2) is 81.1 Å². The quantitative estimate of drug-likeness (QED) is 0.0885. The molecule has 0 spiro atoms. The molecule has 6 aromatic heterocycles. The molecule has 70 heavy (non-hydrogen) atoms. The summed E-state index contributed by atoms with van der Waals surface area (Å²) in [5.74, 6) is -3.87. The molecule has 1 amide bonds. The maximum absolute atomic E-state index is 13.5. The second-order valence-corrected chi connectivity index (χ2v) is 16.7. The van der Waals surface area contributed by atoms with E-state index in [0.29, 0.717) is 11.4 Å². The average molecular weight is 1030 g/mol. The minimum absolute atomic E-state index is 0.0529. The van der Waals surface area contributed by atoms with Crippen molar-refractivity contribution in [2.75, 3.05) is 16.9 Å². The highest BCUT2D eigenvalue weighted by atomic mass is 35.5. The van der Waals surface area contributed by atoms with Crippen LogP contribution >= 0.6 is 23.2 Å². The van der Waals surface area contributed by atoms with Crippen molar-refractivity contribution in [1.82, 2.24) is 54.2 Å². The molecule has 0 atom stereocenters. The number of carbonyl (C=O) groups excluding carboxylic acids is 1. The van der Waals surface area contributed by atoms with Crippen LogP contribution in [-0.2, 0) is 22.4 Å². The zero-order valence-corrected chi connectivity index (χ0v) is 37.0. The lowest BCUT2D eigenvalue weighted by Crippen LogP contribution is -2.29. The summed E-state index contributed by atoms with van der Waals surface area (Å²) in [5.41, 5.74) is -1.30. The van der Waals surface area contributed by atoms with Gasteiger partial charge in [-0.15, -0.1) is 0 Å². The van der Waals surface area contributed by atoms with Crippen LogP contribution in [0.2, 0.25) is 10.0 Å². The molecule has 360 valence electrons. The number of amides is 1. The fourth-order valence-corrected chi connectivity index (χ4v) is 6.67. The summed E-state index contributed by atoms with van der Waals surface area (Å²) < 4.78 is 132. The average Bonchev–Trinajstić information content (AvgIpc) is 4.01. The van der Waals surface area contributed by atoms with Crippen LogP contribution in [0.25, 0.3) is 33.9 Å². The van der Waals surface area contributed by atoms with E-state index in [2.05, 4.69) is 50.7 Å². The third kappa shape index (κ3) is 12.1. The number of carboxylic acid groups (broad SMARTS) is 1. The molecular weight excluding hydrogens is 1010 g/mol. The molecular formula is C41H25Cl2F8N13O5S. The number of nitrogens with zero attached hydrogens (tertiary/aromatic N) is 10. The standard InChI is InChI=1S/C21H14ClF4N7O3S.C20H11ClF4N6O2/c1-37(35,36)32-19(34)12-6-11(8-27-9-12)14-10-28-20(29-13-2-3-16(23)15(22)7-13)30-18(14)33-5-4-17(31-33)21(24,25)26;21-14-6-12(1-2-15(14)22)28-19-27-9-13(10-5-11(18(32)33)8-26-7-10)17(29-19)31-4-3-16(30-31)20(23,24)25/h2-10H,1H3,(H,32,34)(H,28,29,30);1-9H,(H,32,33)(H,27,28,29). The number of benzene rings is 2. The second-order valence-electron chi connectivity index (χ2n) is 14.1. The predicted molar refractivity (Wildman–Crippen MR) is 233 cm³/mol. The van der Waals surface area contributed by atoms with Crippen molar-refractivity contribution < 1.29 is 58.2 Å². The first-order chi connectivity index (χ1) is 32.9. The number of pyridine rings is 2. The van der Waals surface area contributed by atoms with Crippen LogP contribution < -0.4 is 15.4 Å². The van der Waals surface area contributed by atoms with Crippen LogP contribution in [0.1, 0.15) is 32.1 Å². The Morgan fingerprint density at radius 1 is 0.629 bits per heavy atom. The van der Waals surface area contributed by atoms with E-state index in [0.717, 1.165) is 64.7 Å². The summed E-state index contributed by atoms with van der Waals surface area (Å²) in [6.45, 7) is 0. The molecule has 0 bridgehead atoms. The highest BCUT2D eigenvalue weighted by molar-refractivity contribution is 7.89. The minimum atomic E-state index is -4.73. The molecule has 0 saturated heterocycles. The number of aromatic nitrogens is 10. The Morgan fingerprint density at radius 2 is 1.06 bits per heavy atom. The van der Waals surface area contributed by atoms with Gasteiger partial charge >= 0.3 is 18.3 Å². The zero-order chi connectivity index (χ0) is 50.7. The summed E-state index contributed by atoms with van der Waals surface area (Å²) in [7, 11) is -3.87. The molecule has 8 rings (SSSR count). The number of hydrogen-bond acceptors (Lipinski definition) is 14. The summed E-state index contributed by atoms with van der Waals surface area (Å²) >= 11 is 11.6. The normalized spacial score (nSPS) is 11.6. The number of rotatable bonds is 11. The van der Waals surface area contributed by atoms with Crippen LogP contribution in [0.3, 0.4) is 0 Å². The largest absolute Gasteiger partial charge is 0.478 e. The van der Waals surface area contributed by atoms with Gasteiger partial charge in [0.05, 0.1) is 27.4 Å². The van der Waals surface area contributed by atoms with Crippen molar-refractivity contribution in [1.29, 1.82) is 0 Å². The molecule has 2 aromatic carbocycles. The highest BCUT2D eigenvalue weighted by Crippen LogP contribution is 2.33. The Hall–Kier alpha value is -8.17. The summed E-state index contributed by atoms with van der Waals surface area (Å²) in [6, 6.07) is 11.5. The van der Waals surface area contributed by atoms with Crippen LogP contribution in [0.5, 0.6) is 0 Å². The van der Waals surface area contributed by atoms with Gasteiger partial charge in [-0.3, -0.25) is 14.8 Å². The number of alkyl halides is 6. The minimum Gasteiger partial charge on any atom is -0.478 e. The van der Waals surface area contributed by atoms with E-state index in [-0.39, 0.29) is 67.0 Å². The summed E-state index contributed by atoms with van der Waals surface area (Å²) in [5, 5.41) is 21.5. The molecule has 0 saturated carbocycles. The van der Waals surface area contributed by atoms with Crippen LogP contribution in [0.4, 0.5) is 58.4 Å². The first-order valence-electron chi connectivity index (χ1n) is 19.0. The van der Waals surface area contributed by atoms with E-state index in [4.69, 9.17) is 23.2 Å². The predicted octanol–water partition coefficient (Wildman–Crippen LogP) is 8.95. The summed E-state index contributed by atoms with van der Waals surface area (Å²) in [4.78, 5) is 48.1. The number of carbonyl (C=O) groups is 2. The maximum Gasteiger partial charge on any atom is 0.435 e. The molecule has 8 aromatic rings. The fourth-order valence-electron chi connectivity index (χ4n) is 5.86. The third-order valence-electron chi connectivity index (χ3n) is 8.97. The summed E-state index contributed by atoms with van der Waals surface area (Å²) in [6.07, 6.45) is 0.797. The van der Waals surface area contributed by atoms with Crippen molar-refractivity contribution in [3.8, 4) is 33.9 Å². The number of anilines is 4. The van der Waals surface area contributed by atoms with E-state index in [9.17, 15) is 58.2 Å². The topological polar surface area (TPSA) is 238 Å². The van der Waals surface area contributed by atoms with Crippen molar-refractivity contribution in [2.24, 2.45) is 0 Å². The fraction of sp³-hybridized carbons (Fsp3) is 0.0732. The number of nitrogens with one attached hydrogen (secondary N) is 3. The van der Waals surface area contributed by atoms with Gasteiger partial charge in [-0.1, -0.05) is 23.2 Å². The van der Waals surface area contributed by atoms with Gasteiger partial charge in [0, 0.05) is 83.2 Å². The number of carboxylic acids is 1.